The normalized spacial score (nSPS) is 21.5. The lowest BCUT2D eigenvalue weighted by atomic mass is 9.88. The zero-order chi connectivity index (χ0) is 30.5. The van der Waals surface area contributed by atoms with Gasteiger partial charge in [0.25, 0.3) is 11.8 Å². The van der Waals surface area contributed by atoms with Gasteiger partial charge in [-0.25, -0.2) is 4.79 Å². The molecule has 1 aliphatic carbocycles. The molecule has 3 aliphatic rings. The van der Waals surface area contributed by atoms with Gasteiger partial charge >= 0.3 is 6.03 Å². The number of hydrogen-bond donors (Lipinski definition) is 1. The van der Waals surface area contributed by atoms with Crippen molar-refractivity contribution in [2.75, 3.05) is 20.6 Å². The second-order valence-corrected chi connectivity index (χ2v) is 12.4. The summed E-state index contributed by atoms with van der Waals surface area (Å²) in [6.45, 7) is 1.45. The molecule has 44 heavy (non-hydrogen) atoms. The molecule has 2 atom stereocenters. The lowest BCUT2D eigenvalue weighted by molar-refractivity contribution is -0.151. The molecule has 0 radical (unpaired) electrons. The molecular weight excluding hydrogens is 552 g/mol. The first-order valence-corrected chi connectivity index (χ1v) is 15.4. The fourth-order valence-corrected chi connectivity index (χ4v) is 7.52. The molecular formula is C36H36N4O4. The van der Waals surface area contributed by atoms with E-state index in [4.69, 9.17) is 0 Å². The second kappa shape index (κ2) is 11.3. The van der Waals surface area contributed by atoms with E-state index in [0.717, 1.165) is 48.6 Å². The number of carbonyl (C=O) groups excluding carboxylic acids is 4. The molecule has 7 rings (SSSR count). The Balaban J connectivity index is 1.21. The van der Waals surface area contributed by atoms with E-state index < -0.39 is 29.5 Å². The third-order valence-electron chi connectivity index (χ3n) is 9.82. The lowest BCUT2D eigenvalue weighted by Gasteiger charge is -2.40. The maximum absolute atomic E-state index is 13.3. The summed E-state index contributed by atoms with van der Waals surface area (Å²) in [6, 6.07) is 25.6. The highest BCUT2D eigenvalue weighted by molar-refractivity contribution is 6.26. The number of carbonyl (C=O) groups is 4. The van der Waals surface area contributed by atoms with Crippen LogP contribution in [0.1, 0.15) is 36.8 Å². The van der Waals surface area contributed by atoms with Gasteiger partial charge in [-0.1, -0.05) is 85.6 Å². The summed E-state index contributed by atoms with van der Waals surface area (Å²) in [5.41, 5.74) is 5.16. The van der Waals surface area contributed by atoms with Crippen molar-refractivity contribution in [3.05, 3.63) is 83.9 Å². The summed E-state index contributed by atoms with van der Waals surface area (Å²) in [5.74, 6) is -3.51. The van der Waals surface area contributed by atoms with Crippen molar-refractivity contribution >= 4 is 45.2 Å². The summed E-state index contributed by atoms with van der Waals surface area (Å²) in [4.78, 5) is 55.2. The number of nitrogens with zero attached hydrogens (tertiary/aromatic N) is 3. The highest BCUT2D eigenvalue weighted by Crippen LogP contribution is 2.43. The number of imide groups is 2. The predicted molar refractivity (Wildman–Crippen MR) is 170 cm³/mol. The largest absolute Gasteiger partial charge is 0.332 e. The molecule has 0 unspecified atom stereocenters. The number of ketones is 1. The van der Waals surface area contributed by atoms with Gasteiger partial charge in [-0.2, -0.15) is 0 Å². The lowest BCUT2D eigenvalue weighted by Crippen LogP contribution is -2.60. The topological polar surface area (TPSA) is 90.0 Å². The van der Waals surface area contributed by atoms with Crippen molar-refractivity contribution in [3.63, 3.8) is 0 Å². The SMILES string of the molecule is CN1C(=O)C(C(=O)CN[C@@H]2CCCC[C@H]2N2Cc3ccc4ccccc4c3-c3c(ccc4ccccc34)C2)C(=O)N(C)C1=O. The first-order chi connectivity index (χ1) is 21.3. The molecule has 0 spiro atoms. The van der Waals surface area contributed by atoms with Crippen LogP contribution in [0.4, 0.5) is 4.79 Å². The second-order valence-electron chi connectivity index (χ2n) is 12.4. The van der Waals surface area contributed by atoms with Crippen LogP contribution < -0.4 is 5.32 Å². The van der Waals surface area contributed by atoms with Crippen molar-refractivity contribution in [2.45, 2.75) is 50.9 Å². The summed E-state index contributed by atoms with van der Waals surface area (Å²) >= 11 is 0. The van der Waals surface area contributed by atoms with Crippen LogP contribution in [-0.2, 0) is 27.5 Å². The number of hydrogen-bond acceptors (Lipinski definition) is 6. The quantitative estimate of drug-likeness (QED) is 0.326. The number of nitrogens with one attached hydrogen (secondary N) is 1. The molecule has 1 N–H and O–H groups in total. The molecule has 224 valence electrons. The zero-order valence-corrected chi connectivity index (χ0v) is 25.1. The van der Waals surface area contributed by atoms with Crippen LogP contribution >= 0.6 is 0 Å². The van der Waals surface area contributed by atoms with E-state index in [1.807, 2.05) is 0 Å². The minimum atomic E-state index is -1.49. The van der Waals surface area contributed by atoms with Gasteiger partial charge in [0.05, 0.1) is 6.54 Å². The number of benzene rings is 4. The van der Waals surface area contributed by atoms with E-state index in [2.05, 4.69) is 83.0 Å². The van der Waals surface area contributed by atoms with Gasteiger partial charge < -0.3 is 5.32 Å². The molecule has 4 aromatic rings. The fraction of sp³-hybridized carbons (Fsp3) is 0.333. The monoisotopic (exact) mass is 588 g/mol. The minimum absolute atomic E-state index is 0.0181. The third kappa shape index (κ3) is 4.69. The zero-order valence-electron chi connectivity index (χ0n) is 25.1. The van der Waals surface area contributed by atoms with Crippen LogP contribution in [0.15, 0.2) is 72.8 Å². The molecule has 1 saturated heterocycles. The minimum Gasteiger partial charge on any atom is -0.306 e. The summed E-state index contributed by atoms with van der Waals surface area (Å²) < 4.78 is 0. The van der Waals surface area contributed by atoms with Gasteiger partial charge in [-0.05, 0) is 56.6 Å². The molecule has 4 aromatic carbocycles. The van der Waals surface area contributed by atoms with Gasteiger partial charge in [0.1, 0.15) is 0 Å². The molecule has 4 amide bonds. The number of amides is 4. The van der Waals surface area contributed by atoms with Crippen molar-refractivity contribution in [1.29, 1.82) is 0 Å². The maximum Gasteiger partial charge on any atom is 0.332 e. The molecule has 0 bridgehead atoms. The van der Waals surface area contributed by atoms with Crippen LogP contribution in [-0.4, -0.2) is 71.1 Å². The molecule has 2 aliphatic heterocycles. The van der Waals surface area contributed by atoms with E-state index in [1.165, 1.54) is 57.9 Å². The average Bonchev–Trinajstić information content (AvgIpc) is 3.23. The predicted octanol–water partition coefficient (Wildman–Crippen LogP) is 5.11. The van der Waals surface area contributed by atoms with Gasteiger partial charge in [0.15, 0.2) is 11.7 Å². The van der Waals surface area contributed by atoms with Crippen LogP contribution in [0.2, 0.25) is 0 Å². The smallest absolute Gasteiger partial charge is 0.306 e. The molecule has 8 nitrogen and oxygen atoms in total. The van der Waals surface area contributed by atoms with Crippen molar-refractivity contribution in [2.24, 2.45) is 5.92 Å². The van der Waals surface area contributed by atoms with Gasteiger partial charge in [0.2, 0.25) is 0 Å². The van der Waals surface area contributed by atoms with Crippen molar-refractivity contribution in [3.8, 4) is 11.1 Å². The van der Waals surface area contributed by atoms with E-state index >= 15 is 0 Å². The highest BCUT2D eigenvalue weighted by atomic mass is 16.2. The van der Waals surface area contributed by atoms with E-state index in [1.54, 1.807) is 0 Å². The van der Waals surface area contributed by atoms with Gasteiger partial charge in [0, 0.05) is 39.3 Å². The third-order valence-corrected chi connectivity index (χ3v) is 9.82. The fourth-order valence-electron chi connectivity index (χ4n) is 7.52. The first-order valence-electron chi connectivity index (χ1n) is 15.4. The molecule has 0 aromatic heterocycles. The maximum atomic E-state index is 13.3. The Bertz CT molecular complexity index is 1720. The Morgan fingerprint density at radius 2 is 1.25 bits per heavy atom. The van der Waals surface area contributed by atoms with E-state index in [9.17, 15) is 19.2 Å². The average molecular weight is 589 g/mol. The molecule has 1 saturated carbocycles. The Kier molecular flexibility index (Phi) is 7.26. The summed E-state index contributed by atoms with van der Waals surface area (Å²) in [7, 11) is 2.61. The number of fused-ring (bicyclic) bond motifs is 7. The first kappa shape index (κ1) is 28.4. The number of Topliss-reactive ketones (excluding diaryl/α,β-unsaturated/α-hetero) is 1. The van der Waals surface area contributed by atoms with Crippen LogP contribution in [0.5, 0.6) is 0 Å². The standard InChI is InChI=1S/C36H36N4O4/c1-38-34(42)33(35(43)39(2)36(38)44)30(41)19-37-28-13-7-8-14-29(28)40-20-24-17-15-22-9-3-5-11-26(22)31(24)32-25(21-40)18-16-23-10-4-6-12-27(23)32/h3-6,9-12,15-18,28-29,33,37H,7-8,13-14,19-21H2,1-2H3/t28-,29-/m1/s1. The van der Waals surface area contributed by atoms with Gasteiger partial charge in [-0.3, -0.25) is 29.1 Å². The number of barbiturate groups is 1. The van der Waals surface area contributed by atoms with E-state index in [-0.39, 0.29) is 18.6 Å². The summed E-state index contributed by atoms with van der Waals surface area (Å²) in [6.07, 6.45) is 4.02. The van der Waals surface area contributed by atoms with Gasteiger partial charge in [-0.15, -0.1) is 0 Å². The van der Waals surface area contributed by atoms with Crippen molar-refractivity contribution < 1.29 is 19.2 Å². The molecule has 2 fully saturated rings. The Morgan fingerprint density at radius 3 is 1.82 bits per heavy atom. The Morgan fingerprint density at radius 1 is 0.727 bits per heavy atom. The Labute approximate surface area is 256 Å². The highest BCUT2D eigenvalue weighted by Gasteiger charge is 2.46. The van der Waals surface area contributed by atoms with Crippen LogP contribution in [0, 0.1) is 5.92 Å². The number of rotatable bonds is 5. The van der Waals surface area contributed by atoms with Crippen LogP contribution in [0.25, 0.3) is 32.7 Å². The molecule has 8 heteroatoms. The van der Waals surface area contributed by atoms with Crippen molar-refractivity contribution in [1.82, 2.24) is 20.0 Å². The number of urea groups is 1. The molecule has 2 heterocycles. The van der Waals surface area contributed by atoms with Crippen LogP contribution in [0.3, 0.4) is 0 Å². The summed E-state index contributed by atoms with van der Waals surface area (Å²) in [5, 5.41) is 8.41. The van der Waals surface area contributed by atoms with E-state index in [0.29, 0.717) is 0 Å². The Hall–Kier alpha value is -4.40.